The number of fused-ring (bicyclic) bond motifs is 1. The molecule has 12 heteroatoms. The Kier molecular flexibility index (Phi) is 7.08. The Morgan fingerprint density at radius 3 is 2.10 bits per heavy atom. The molecule has 0 aromatic carbocycles. The van der Waals surface area contributed by atoms with Crippen molar-refractivity contribution in [2.75, 3.05) is 6.79 Å². The SMILES string of the molecule is CC1(C)[C@H](C(=O)OCOC(=O)C2CCC(C(=O)[O-])CC2)N2C(=O)C[C@H]2S1(=O)=O.[Na+]. The molecule has 1 aliphatic carbocycles. The van der Waals surface area contributed by atoms with Crippen LogP contribution >= 0.6 is 0 Å². The Hall–Kier alpha value is -1.17. The van der Waals surface area contributed by atoms with Gasteiger partial charge in [0.05, 0.1) is 17.1 Å². The first-order valence-electron chi connectivity index (χ1n) is 9.07. The zero-order chi connectivity index (χ0) is 20.9. The summed E-state index contributed by atoms with van der Waals surface area (Å²) in [6.45, 7) is 2.03. The van der Waals surface area contributed by atoms with Gasteiger partial charge in [-0.1, -0.05) is 0 Å². The molecule has 0 unspecified atom stereocenters. The van der Waals surface area contributed by atoms with Gasteiger partial charge in [0, 0.05) is 5.97 Å². The third-order valence-corrected chi connectivity index (χ3v) is 8.80. The van der Waals surface area contributed by atoms with E-state index in [0.717, 1.165) is 4.90 Å². The molecule has 1 amide bonds. The van der Waals surface area contributed by atoms with Crippen molar-refractivity contribution in [2.45, 2.75) is 62.1 Å². The van der Waals surface area contributed by atoms with Crippen LogP contribution in [0.4, 0.5) is 0 Å². The topological polar surface area (TPSA) is 147 Å². The molecule has 0 N–H and O–H groups in total. The van der Waals surface area contributed by atoms with Crippen LogP contribution in [0.25, 0.3) is 0 Å². The third-order valence-electron chi connectivity index (χ3n) is 6.00. The van der Waals surface area contributed by atoms with Crippen molar-refractivity contribution in [3.8, 4) is 0 Å². The van der Waals surface area contributed by atoms with Crippen LogP contribution in [0.15, 0.2) is 0 Å². The van der Waals surface area contributed by atoms with Crippen LogP contribution in [0.2, 0.25) is 0 Å². The predicted octanol–water partition coefficient (Wildman–Crippen LogP) is -4.28. The number of nitrogens with zero attached hydrogens (tertiary/aromatic N) is 1. The number of hydrogen-bond acceptors (Lipinski definition) is 9. The summed E-state index contributed by atoms with van der Waals surface area (Å²) in [6, 6.07) is -1.29. The number of carbonyl (C=O) groups is 4. The largest absolute Gasteiger partial charge is 1.00 e. The molecule has 156 valence electrons. The quantitative estimate of drug-likeness (QED) is 0.180. The van der Waals surface area contributed by atoms with Gasteiger partial charge in [0.2, 0.25) is 12.7 Å². The fraction of sp³-hybridized carbons (Fsp3) is 0.765. The maximum atomic E-state index is 12.5. The fourth-order valence-corrected chi connectivity index (χ4v) is 6.24. The van der Waals surface area contributed by atoms with Crippen molar-refractivity contribution in [2.24, 2.45) is 11.8 Å². The van der Waals surface area contributed by atoms with Crippen LogP contribution in [-0.4, -0.2) is 60.1 Å². The number of carbonyl (C=O) groups excluding carboxylic acids is 4. The van der Waals surface area contributed by atoms with Crippen molar-refractivity contribution >= 4 is 33.7 Å². The summed E-state index contributed by atoms with van der Waals surface area (Å²) >= 11 is 0. The average Bonchev–Trinajstić information content (AvgIpc) is 2.75. The van der Waals surface area contributed by atoms with Crippen LogP contribution < -0.4 is 34.7 Å². The van der Waals surface area contributed by atoms with E-state index in [0.29, 0.717) is 25.7 Å². The van der Waals surface area contributed by atoms with E-state index < -0.39 is 68.4 Å². The van der Waals surface area contributed by atoms with E-state index in [9.17, 15) is 32.7 Å². The zero-order valence-corrected chi connectivity index (χ0v) is 19.4. The molecule has 2 saturated heterocycles. The molecule has 0 radical (unpaired) electrons. The summed E-state index contributed by atoms with van der Waals surface area (Å²) in [7, 11) is -3.72. The molecule has 3 aliphatic rings. The monoisotopic (exact) mass is 439 g/mol. The fourth-order valence-electron chi connectivity index (χ4n) is 4.12. The van der Waals surface area contributed by atoms with Gasteiger partial charge in [-0.05, 0) is 45.4 Å². The molecule has 2 aliphatic heterocycles. The smallest absolute Gasteiger partial charge is 0.550 e. The molecule has 3 fully saturated rings. The minimum absolute atomic E-state index is 0. The number of rotatable bonds is 5. The first-order valence-corrected chi connectivity index (χ1v) is 10.6. The van der Waals surface area contributed by atoms with Gasteiger partial charge in [-0.25, -0.2) is 13.2 Å². The van der Waals surface area contributed by atoms with Crippen molar-refractivity contribution < 1.29 is 71.7 Å². The Morgan fingerprint density at radius 2 is 1.59 bits per heavy atom. The first-order chi connectivity index (χ1) is 13.0. The normalized spacial score (nSPS) is 31.7. The zero-order valence-electron chi connectivity index (χ0n) is 16.6. The third kappa shape index (κ3) is 4.06. The number of carboxylic acid groups (broad SMARTS) is 1. The van der Waals surface area contributed by atoms with Gasteiger partial charge in [0.25, 0.3) is 0 Å². The number of β-lactam (4-membered cyclic amide) rings is 1. The minimum atomic E-state index is -3.72. The number of hydrogen-bond donors (Lipinski definition) is 0. The van der Waals surface area contributed by atoms with Crippen LogP contribution in [0.1, 0.15) is 46.0 Å². The summed E-state index contributed by atoms with van der Waals surface area (Å²) in [4.78, 5) is 48.1. The van der Waals surface area contributed by atoms with Gasteiger partial charge >= 0.3 is 41.5 Å². The summed E-state index contributed by atoms with van der Waals surface area (Å²) in [5, 5.41) is 9.80. The molecule has 1 saturated carbocycles. The molecule has 2 heterocycles. The first kappa shape index (κ1) is 24.1. The molecular weight excluding hydrogens is 417 g/mol. The molecule has 0 spiro atoms. The van der Waals surface area contributed by atoms with Crippen LogP contribution in [0.3, 0.4) is 0 Å². The maximum absolute atomic E-state index is 12.5. The van der Waals surface area contributed by atoms with Crippen LogP contribution in [0, 0.1) is 11.8 Å². The summed E-state index contributed by atoms with van der Waals surface area (Å²) in [5.41, 5.74) is 0. The molecule has 29 heavy (non-hydrogen) atoms. The van der Waals surface area contributed by atoms with Gasteiger partial charge in [-0.3, -0.25) is 9.59 Å². The second-order valence-corrected chi connectivity index (χ2v) is 10.6. The van der Waals surface area contributed by atoms with Gasteiger partial charge in [-0.2, -0.15) is 0 Å². The number of amides is 1. The Bertz CT molecular complexity index is 817. The van der Waals surface area contributed by atoms with E-state index in [4.69, 9.17) is 9.47 Å². The van der Waals surface area contributed by atoms with Crippen LogP contribution in [-0.2, 0) is 38.5 Å². The Labute approximate surface area is 190 Å². The average molecular weight is 439 g/mol. The number of ether oxygens (including phenoxy) is 2. The van der Waals surface area contributed by atoms with Crippen molar-refractivity contribution in [1.82, 2.24) is 4.90 Å². The number of sulfone groups is 1. The summed E-state index contributed by atoms with van der Waals surface area (Å²) in [6.07, 6.45) is 1.15. The Morgan fingerprint density at radius 1 is 1.07 bits per heavy atom. The van der Waals surface area contributed by atoms with E-state index in [2.05, 4.69) is 0 Å². The van der Waals surface area contributed by atoms with Crippen molar-refractivity contribution in [3.05, 3.63) is 0 Å². The van der Waals surface area contributed by atoms with Crippen LogP contribution in [0.5, 0.6) is 0 Å². The second kappa shape index (κ2) is 8.52. The molecule has 3 rings (SSSR count). The summed E-state index contributed by atoms with van der Waals surface area (Å²) in [5.74, 6) is -4.19. The standard InChI is InChI=1S/C17H23NO9S.Na/c1-17(2)13(18-11(19)7-12(18)28(17,24)25)16(23)27-8-26-15(22)10-5-3-9(4-6-10)14(20)21;/h9-10,12-13H,3-8H2,1-2H3,(H,20,21);/q;+1/p-1/t9?,10?,12-,13+;/m1./s1. The molecule has 10 nitrogen and oxygen atoms in total. The molecule has 0 bridgehead atoms. The van der Waals surface area contributed by atoms with Crippen molar-refractivity contribution in [1.29, 1.82) is 0 Å². The van der Waals surface area contributed by atoms with E-state index in [1.54, 1.807) is 0 Å². The predicted molar refractivity (Wildman–Crippen MR) is 89.5 cm³/mol. The van der Waals surface area contributed by atoms with Gasteiger partial charge < -0.3 is 24.3 Å². The van der Waals surface area contributed by atoms with E-state index in [1.165, 1.54) is 13.8 Å². The number of esters is 2. The number of aliphatic carboxylic acids is 1. The molecular formula is C17H22NNaO9S. The number of carboxylic acids is 1. The summed E-state index contributed by atoms with van der Waals surface area (Å²) < 4.78 is 33.3. The molecule has 0 aromatic heterocycles. The maximum Gasteiger partial charge on any atom is 1.00 e. The second-order valence-electron chi connectivity index (χ2n) is 7.92. The van der Waals surface area contributed by atoms with E-state index >= 15 is 0 Å². The Balaban J connectivity index is 0.00000300. The van der Waals surface area contributed by atoms with Gasteiger partial charge in [-0.15, -0.1) is 0 Å². The minimum Gasteiger partial charge on any atom is -0.550 e. The van der Waals surface area contributed by atoms with E-state index in [-0.39, 0.29) is 36.0 Å². The van der Waals surface area contributed by atoms with Gasteiger partial charge in [0.15, 0.2) is 9.84 Å². The molecule has 0 aromatic rings. The van der Waals surface area contributed by atoms with Gasteiger partial charge in [0.1, 0.15) is 11.4 Å². The molecule has 2 atom stereocenters. The van der Waals surface area contributed by atoms with Crippen molar-refractivity contribution in [3.63, 3.8) is 0 Å². The van der Waals surface area contributed by atoms with E-state index in [1.807, 2.05) is 0 Å².